The van der Waals surface area contributed by atoms with Crippen molar-refractivity contribution in [1.29, 1.82) is 0 Å². The first-order chi connectivity index (χ1) is 12.4. The van der Waals surface area contributed by atoms with Crippen molar-refractivity contribution in [2.45, 2.75) is 46.8 Å². The number of carbonyl (C=O) groups excluding carboxylic acids is 1. The fourth-order valence-corrected chi connectivity index (χ4v) is 2.69. The molecule has 0 radical (unpaired) electrons. The Morgan fingerprint density at radius 3 is 2.46 bits per heavy atom. The van der Waals surface area contributed by atoms with Crippen molar-refractivity contribution in [1.82, 2.24) is 0 Å². The van der Waals surface area contributed by atoms with Gasteiger partial charge in [0.05, 0.1) is 5.69 Å². The Kier molecular flexibility index (Phi) is 6.95. The summed E-state index contributed by atoms with van der Waals surface area (Å²) in [5.41, 5.74) is 4.19. The molecule has 0 aliphatic rings. The zero-order valence-electron chi connectivity index (χ0n) is 15.1. The molecule has 2 aromatic carbocycles. The van der Waals surface area contributed by atoms with E-state index < -0.39 is 12.7 Å². The van der Waals surface area contributed by atoms with E-state index in [2.05, 4.69) is 23.0 Å². The fraction of sp³-hybridized carbons (Fsp3) is 0.350. The molecule has 2 aromatic rings. The molecule has 0 spiro atoms. The van der Waals surface area contributed by atoms with Crippen LogP contribution < -0.4 is 10.1 Å². The monoisotopic (exact) mass is 363 g/mol. The number of nitrogens with one attached hydrogen (secondary N) is 1. The molecule has 6 heteroatoms. The van der Waals surface area contributed by atoms with Crippen LogP contribution in [0.5, 0.6) is 5.75 Å². The van der Waals surface area contributed by atoms with E-state index in [4.69, 9.17) is 4.74 Å². The van der Waals surface area contributed by atoms with Crippen molar-refractivity contribution < 1.29 is 23.0 Å². The van der Waals surface area contributed by atoms with E-state index in [1.165, 1.54) is 5.56 Å². The number of hydrogen-bond donors (Lipinski definition) is 1. The molecule has 4 nitrogen and oxygen atoms in total. The number of ether oxygens (including phenoxy) is 2. The van der Waals surface area contributed by atoms with Gasteiger partial charge in [-0.1, -0.05) is 44.2 Å². The Morgan fingerprint density at radius 2 is 1.85 bits per heavy atom. The number of halogens is 2. The molecule has 140 valence electrons. The van der Waals surface area contributed by atoms with Crippen molar-refractivity contribution in [2.75, 3.05) is 5.32 Å². The highest BCUT2D eigenvalue weighted by Crippen LogP contribution is 2.26. The van der Waals surface area contributed by atoms with Crippen LogP contribution in [0.1, 0.15) is 36.1 Å². The highest BCUT2D eigenvalue weighted by molar-refractivity contribution is 5.87. The molecule has 1 amide bonds. The summed E-state index contributed by atoms with van der Waals surface area (Å²) < 4.78 is 34.3. The van der Waals surface area contributed by atoms with Crippen LogP contribution in [0, 0.1) is 6.92 Å². The van der Waals surface area contributed by atoms with E-state index in [1.54, 1.807) is 6.07 Å². The molecule has 0 saturated carbocycles. The first-order valence-electron chi connectivity index (χ1n) is 8.53. The molecule has 0 heterocycles. The number of aryl methyl sites for hydroxylation is 3. The number of hydrogen-bond acceptors (Lipinski definition) is 3. The molecular weight excluding hydrogens is 340 g/mol. The van der Waals surface area contributed by atoms with Crippen LogP contribution in [-0.2, 0) is 24.2 Å². The molecule has 1 N–H and O–H groups in total. The van der Waals surface area contributed by atoms with Crippen molar-refractivity contribution in [3.8, 4) is 5.75 Å². The minimum Gasteiger partial charge on any atom is -0.489 e. The van der Waals surface area contributed by atoms with Crippen molar-refractivity contribution >= 4 is 11.8 Å². The summed E-state index contributed by atoms with van der Waals surface area (Å²) in [5.74, 6) is 0.741. The third-order valence-electron chi connectivity index (χ3n) is 4.07. The number of para-hydroxylation sites is 1. The summed E-state index contributed by atoms with van der Waals surface area (Å²) in [4.78, 5) is 11.6. The second-order valence-electron chi connectivity index (χ2n) is 5.84. The van der Waals surface area contributed by atoms with Gasteiger partial charge in [-0.2, -0.15) is 8.78 Å². The van der Waals surface area contributed by atoms with Crippen molar-refractivity contribution in [3.05, 3.63) is 58.7 Å². The van der Waals surface area contributed by atoms with E-state index >= 15 is 0 Å². The van der Waals surface area contributed by atoms with Crippen molar-refractivity contribution in [3.63, 3.8) is 0 Å². The van der Waals surface area contributed by atoms with Gasteiger partial charge in [0.25, 0.3) is 0 Å². The predicted molar refractivity (Wildman–Crippen MR) is 96.8 cm³/mol. The average Bonchev–Trinajstić information content (AvgIpc) is 2.60. The van der Waals surface area contributed by atoms with E-state index in [0.717, 1.165) is 23.3 Å². The third-order valence-corrected chi connectivity index (χ3v) is 4.07. The number of alkyl halides is 2. The SMILES string of the molecule is CCc1ccc(OCc2cccc(CC)c2NC(=O)OC(F)F)c(C)c1. The molecule has 0 aromatic heterocycles. The number of anilines is 1. The van der Waals surface area contributed by atoms with E-state index in [1.807, 2.05) is 38.1 Å². The smallest absolute Gasteiger partial charge is 0.416 e. The molecule has 0 saturated heterocycles. The molecule has 0 aliphatic heterocycles. The Balaban J connectivity index is 2.19. The lowest BCUT2D eigenvalue weighted by atomic mass is 10.1. The summed E-state index contributed by atoms with van der Waals surface area (Å²) in [5, 5.41) is 2.41. The minimum atomic E-state index is -3.16. The van der Waals surface area contributed by atoms with E-state index in [-0.39, 0.29) is 6.61 Å². The maximum atomic E-state index is 12.2. The molecule has 0 aliphatic carbocycles. The molecule has 0 bridgehead atoms. The Hall–Kier alpha value is -2.63. The highest BCUT2D eigenvalue weighted by atomic mass is 19.3. The Bertz CT molecular complexity index is 763. The van der Waals surface area contributed by atoms with Gasteiger partial charge in [0.2, 0.25) is 0 Å². The Morgan fingerprint density at radius 1 is 1.12 bits per heavy atom. The number of benzene rings is 2. The van der Waals surface area contributed by atoms with Crippen LogP contribution in [0.4, 0.5) is 19.3 Å². The summed E-state index contributed by atoms with van der Waals surface area (Å²) in [6.45, 7) is 3.00. The van der Waals surface area contributed by atoms with Crippen LogP contribution in [0.25, 0.3) is 0 Å². The van der Waals surface area contributed by atoms with Crippen molar-refractivity contribution in [2.24, 2.45) is 0 Å². The van der Waals surface area contributed by atoms with Crippen LogP contribution >= 0.6 is 0 Å². The summed E-state index contributed by atoms with van der Waals surface area (Å²) in [6, 6.07) is 11.4. The summed E-state index contributed by atoms with van der Waals surface area (Å²) >= 11 is 0. The van der Waals surface area contributed by atoms with Crippen LogP contribution in [0.15, 0.2) is 36.4 Å². The van der Waals surface area contributed by atoms with Crippen LogP contribution in [-0.4, -0.2) is 12.7 Å². The lowest BCUT2D eigenvalue weighted by Crippen LogP contribution is -2.19. The first kappa shape index (κ1) is 19.7. The molecule has 0 atom stereocenters. The summed E-state index contributed by atoms with van der Waals surface area (Å²) in [7, 11) is 0. The zero-order valence-corrected chi connectivity index (χ0v) is 15.1. The summed E-state index contributed by atoms with van der Waals surface area (Å²) in [6.07, 6.45) is 0.383. The number of rotatable bonds is 7. The van der Waals surface area contributed by atoms with Gasteiger partial charge < -0.3 is 9.47 Å². The standard InChI is InChI=1S/C20H23F2NO3/c1-4-14-9-10-17(13(3)11-14)25-12-16-8-6-7-15(5-2)18(16)23-20(24)26-19(21)22/h6-11,19H,4-5,12H2,1-3H3,(H,23,24). The van der Waals surface area contributed by atoms with Gasteiger partial charge in [0.1, 0.15) is 12.4 Å². The molecule has 0 fully saturated rings. The lowest BCUT2D eigenvalue weighted by Gasteiger charge is -2.16. The largest absolute Gasteiger partial charge is 0.489 e. The fourth-order valence-electron chi connectivity index (χ4n) is 2.69. The van der Waals surface area contributed by atoms with Gasteiger partial charge >= 0.3 is 12.7 Å². The molecule has 2 rings (SSSR count). The maximum absolute atomic E-state index is 12.2. The van der Waals surface area contributed by atoms with Crippen LogP contribution in [0.2, 0.25) is 0 Å². The number of carbonyl (C=O) groups is 1. The second kappa shape index (κ2) is 9.17. The molecule has 0 unspecified atom stereocenters. The van der Waals surface area contributed by atoms with Gasteiger partial charge in [0, 0.05) is 5.56 Å². The quantitative estimate of drug-likeness (QED) is 0.709. The van der Waals surface area contributed by atoms with E-state index in [9.17, 15) is 13.6 Å². The maximum Gasteiger partial charge on any atom is 0.416 e. The molecule has 26 heavy (non-hydrogen) atoms. The van der Waals surface area contributed by atoms with Gasteiger partial charge in [-0.05, 0) is 42.5 Å². The van der Waals surface area contributed by atoms with Gasteiger partial charge in [-0.15, -0.1) is 0 Å². The topological polar surface area (TPSA) is 47.6 Å². The molecular formula is C20H23F2NO3. The van der Waals surface area contributed by atoms with Crippen LogP contribution in [0.3, 0.4) is 0 Å². The predicted octanol–water partition coefficient (Wildman–Crippen LogP) is 5.47. The zero-order chi connectivity index (χ0) is 19.1. The normalized spacial score (nSPS) is 10.7. The Labute approximate surface area is 152 Å². The first-order valence-corrected chi connectivity index (χ1v) is 8.53. The highest BCUT2D eigenvalue weighted by Gasteiger charge is 2.15. The minimum absolute atomic E-state index is 0.199. The van der Waals surface area contributed by atoms with Gasteiger partial charge in [-0.3, -0.25) is 5.32 Å². The van der Waals surface area contributed by atoms with Gasteiger partial charge in [-0.25, -0.2) is 4.79 Å². The van der Waals surface area contributed by atoms with Gasteiger partial charge in [0.15, 0.2) is 0 Å². The average molecular weight is 363 g/mol. The third kappa shape index (κ3) is 5.18. The number of amides is 1. The van der Waals surface area contributed by atoms with E-state index in [0.29, 0.717) is 17.7 Å². The lowest BCUT2D eigenvalue weighted by molar-refractivity contribution is -0.0766. The second-order valence-corrected chi connectivity index (χ2v) is 5.84.